The predicted molar refractivity (Wildman–Crippen MR) is 76.1 cm³/mol. The van der Waals surface area contributed by atoms with Crippen LogP contribution in [0.2, 0.25) is 0 Å². The van der Waals surface area contributed by atoms with Crippen LogP contribution < -0.4 is 4.90 Å². The Labute approximate surface area is 104 Å². The van der Waals surface area contributed by atoms with Gasteiger partial charge in [0.15, 0.2) is 0 Å². The highest BCUT2D eigenvalue weighted by Gasteiger charge is 2.13. The number of rotatable bonds is 3. The summed E-state index contributed by atoms with van der Waals surface area (Å²) in [5.41, 5.74) is 6.61. The second kappa shape index (κ2) is 4.44. The Morgan fingerprint density at radius 3 is 2.18 bits per heavy atom. The summed E-state index contributed by atoms with van der Waals surface area (Å²) < 4.78 is 0. The normalized spacial score (nSPS) is 11.1. The van der Waals surface area contributed by atoms with Gasteiger partial charge < -0.3 is 9.88 Å². The van der Waals surface area contributed by atoms with Crippen molar-refractivity contribution in [3.05, 3.63) is 29.0 Å². The highest BCUT2D eigenvalue weighted by Crippen LogP contribution is 2.32. The molecule has 2 rings (SSSR count). The molecule has 0 amide bonds. The third-order valence-corrected chi connectivity index (χ3v) is 3.65. The van der Waals surface area contributed by atoms with Gasteiger partial charge in [0.05, 0.1) is 5.69 Å². The maximum atomic E-state index is 3.50. The highest BCUT2D eigenvalue weighted by molar-refractivity contribution is 5.95. The monoisotopic (exact) mass is 230 g/mol. The third-order valence-electron chi connectivity index (χ3n) is 3.65. The minimum Gasteiger partial charge on any atom is -0.370 e. The largest absolute Gasteiger partial charge is 0.370 e. The first-order valence-electron chi connectivity index (χ1n) is 6.42. The number of benzene rings is 1. The van der Waals surface area contributed by atoms with E-state index in [2.05, 4.69) is 56.6 Å². The van der Waals surface area contributed by atoms with Crippen molar-refractivity contribution < 1.29 is 0 Å². The van der Waals surface area contributed by atoms with Crippen LogP contribution in [0.1, 0.15) is 30.7 Å². The van der Waals surface area contributed by atoms with Crippen LogP contribution in [0.4, 0.5) is 5.69 Å². The zero-order valence-electron chi connectivity index (χ0n) is 11.5. The van der Waals surface area contributed by atoms with E-state index in [4.69, 9.17) is 0 Å². The fraction of sp³-hybridized carbons (Fsp3) is 0.467. The number of aromatic amines is 1. The summed E-state index contributed by atoms with van der Waals surface area (Å²) in [5.74, 6) is 0. The van der Waals surface area contributed by atoms with Crippen LogP contribution >= 0.6 is 0 Å². The molecule has 0 spiro atoms. The number of hydrogen-bond acceptors (Lipinski definition) is 1. The first-order chi connectivity index (χ1) is 8.08. The van der Waals surface area contributed by atoms with Gasteiger partial charge in [0, 0.05) is 29.7 Å². The molecule has 0 saturated carbocycles. The summed E-state index contributed by atoms with van der Waals surface area (Å²) >= 11 is 0. The number of nitrogens with one attached hydrogen (secondary N) is 1. The van der Waals surface area contributed by atoms with E-state index in [1.165, 1.54) is 33.4 Å². The second-order valence-corrected chi connectivity index (χ2v) is 4.75. The van der Waals surface area contributed by atoms with Gasteiger partial charge >= 0.3 is 0 Å². The molecule has 0 aliphatic rings. The summed E-state index contributed by atoms with van der Waals surface area (Å²) in [7, 11) is 0. The summed E-state index contributed by atoms with van der Waals surface area (Å²) in [5, 5.41) is 1.36. The number of anilines is 1. The fourth-order valence-corrected chi connectivity index (χ4v) is 2.53. The van der Waals surface area contributed by atoms with Gasteiger partial charge in [0.25, 0.3) is 0 Å². The average molecular weight is 230 g/mol. The lowest BCUT2D eigenvalue weighted by Crippen LogP contribution is -2.22. The number of H-pyrrole nitrogens is 1. The van der Waals surface area contributed by atoms with Gasteiger partial charge in [-0.1, -0.05) is 0 Å². The van der Waals surface area contributed by atoms with E-state index >= 15 is 0 Å². The molecule has 1 heterocycles. The van der Waals surface area contributed by atoms with E-state index in [1.54, 1.807) is 0 Å². The van der Waals surface area contributed by atoms with E-state index in [0.29, 0.717) is 0 Å². The van der Waals surface area contributed by atoms with Crippen molar-refractivity contribution in [2.24, 2.45) is 0 Å². The quantitative estimate of drug-likeness (QED) is 0.846. The van der Waals surface area contributed by atoms with Crippen molar-refractivity contribution in [3.8, 4) is 0 Å². The van der Waals surface area contributed by atoms with E-state index in [-0.39, 0.29) is 0 Å². The third kappa shape index (κ3) is 1.92. The van der Waals surface area contributed by atoms with Crippen LogP contribution in [-0.4, -0.2) is 18.1 Å². The Bertz CT molecular complexity index is 533. The molecule has 2 nitrogen and oxygen atoms in total. The molecule has 92 valence electrons. The molecule has 0 bridgehead atoms. The van der Waals surface area contributed by atoms with Crippen LogP contribution in [-0.2, 0) is 0 Å². The van der Waals surface area contributed by atoms with Crippen LogP contribution in [0.25, 0.3) is 10.9 Å². The first kappa shape index (κ1) is 12.0. The maximum Gasteiger partial charge on any atom is 0.0654 e. The van der Waals surface area contributed by atoms with Gasteiger partial charge in [-0.3, -0.25) is 0 Å². The number of fused-ring (bicyclic) bond motifs is 1. The lowest BCUT2D eigenvalue weighted by molar-refractivity contribution is 0.865. The summed E-state index contributed by atoms with van der Waals surface area (Å²) in [6.07, 6.45) is 0. The first-order valence-corrected chi connectivity index (χ1v) is 6.42. The van der Waals surface area contributed by atoms with Crippen LogP contribution in [0.15, 0.2) is 12.1 Å². The van der Waals surface area contributed by atoms with Gasteiger partial charge in [-0.2, -0.15) is 0 Å². The van der Waals surface area contributed by atoms with Crippen LogP contribution in [0, 0.1) is 20.8 Å². The Balaban J connectivity index is 2.70. The minimum absolute atomic E-state index is 1.05. The van der Waals surface area contributed by atoms with Crippen molar-refractivity contribution in [3.63, 3.8) is 0 Å². The smallest absolute Gasteiger partial charge is 0.0654 e. The number of hydrogen-bond donors (Lipinski definition) is 1. The van der Waals surface area contributed by atoms with Gasteiger partial charge in [-0.25, -0.2) is 0 Å². The van der Waals surface area contributed by atoms with E-state index in [1.807, 2.05) is 0 Å². The minimum atomic E-state index is 1.05. The molecule has 0 saturated heterocycles. The van der Waals surface area contributed by atoms with Crippen LogP contribution in [0.3, 0.4) is 0 Å². The summed E-state index contributed by atoms with van der Waals surface area (Å²) in [6.45, 7) is 13.0. The molecular formula is C15H22N2. The molecule has 17 heavy (non-hydrogen) atoms. The summed E-state index contributed by atoms with van der Waals surface area (Å²) in [4.78, 5) is 5.92. The Kier molecular flexibility index (Phi) is 3.14. The Morgan fingerprint density at radius 1 is 1.00 bits per heavy atom. The Hall–Kier alpha value is -1.44. The SMILES string of the molecule is CCN(CC)c1c(C)[nH]c2cc(C)c(C)cc12. The summed E-state index contributed by atoms with van der Waals surface area (Å²) in [6, 6.07) is 4.56. The maximum absolute atomic E-state index is 3.50. The van der Waals surface area contributed by atoms with Crippen molar-refractivity contribution in [1.82, 2.24) is 4.98 Å². The fourth-order valence-electron chi connectivity index (χ4n) is 2.53. The van der Waals surface area contributed by atoms with E-state index in [0.717, 1.165) is 13.1 Å². The zero-order valence-corrected chi connectivity index (χ0v) is 11.5. The van der Waals surface area contributed by atoms with E-state index < -0.39 is 0 Å². The molecule has 2 heteroatoms. The molecule has 0 radical (unpaired) electrons. The van der Waals surface area contributed by atoms with Gasteiger partial charge in [-0.15, -0.1) is 0 Å². The molecule has 0 aliphatic heterocycles. The molecule has 1 aromatic heterocycles. The number of aryl methyl sites for hydroxylation is 3. The van der Waals surface area contributed by atoms with Crippen molar-refractivity contribution in [2.45, 2.75) is 34.6 Å². The number of aromatic nitrogens is 1. The predicted octanol–water partition coefficient (Wildman–Crippen LogP) is 3.94. The van der Waals surface area contributed by atoms with E-state index in [9.17, 15) is 0 Å². The van der Waals surface area contributed by atoms with Gasteiger partial charge in [-0.05, 0) is 57.9 Å². The molecule has 0 atom stereocenters. The zero-order chi connectivity index (χ0) is 12.6. The molecule has 0 aliphatic carbocycles. The van der Waals surface area contributed by atoms with Crippen molar-refractivity contribution in [2.75, 3.05) is 18.0 Å². The molecule has 0 fully saturated rings. The molecular weight excluding hydrogens is 208 g/mol. The highest BCUT2D eigenvalue weighted by atomic mass is 15.1. The molecule has 0 unspecified atom stereocenters. The molecule has 1 N–H and O–H groups in total. The van der Waals surface area contributed by atoms with Crippen molar-refractivity contribution in [1.29, 1.82) is 0 Å². The van der Waals surface area contributed by atoms with Crippen LogP contribution in [0.5, 0.6) is 0 Å². The topological polar surface area (TPSA) is 19.0 Å². The second-order valence-electron chi connectivity index (χ2n) is 4.75. The number of nitrogens with zero attached hydrogens (tertiary/aromatic N) is 1. The average Bonchev–Trinajstić information content (AvgIpc) is 2.59. The molecule has 2 aromatic rings. The molecule has 1 aromatic carbocycles. The van der Waals surface area contributed by atoms with Gasteiger partial charge in [0.2, 0.25) is 0 Å². The van der Waals surface area contributed by atoms with Gasteiger partial charge in [0.1, 0.15) is 0 Å². The standard InChI is InChI=1S/C15H22N2/c1-6-17(7-2)15-12(5)16-14-9-11(4)10(3)8-13(14)15/h8-9,16H,6-7H2,1-5H3. The lowest BCUT2D eigenvalue weighted by atomic mass is 10.1. The van der Waals surface area contributed by atoms with Crippen molar-refractivity contribution >= 4 is 16.6 Å². The Morgan fingerprint density at radius 2 is 1.59 bits per heavy atom. The lowest BCUT2D eigenvalue weighted by Gasteiger charge is -2.21.